The number of ketones is 1. The fraction of sp³-hybridized carbons (Fsp3) is 0.417. The molecule has 80 valence electrons. The standard InChI is InChI=1S/C12H14FNO/c13-11-3-1-9(2-4-11)12(15)10-5-7-14-8-6-10/h1-4,10,14H,5-8H2/p+1. The Morgan fingerprint density at radius 3 is 2.40 bits per heavy atom. The summed E-state index contributed by atoms with van der Waals surface area (Å²) in [5.74, 6) is 0.0205. The van der Waals surface area contributed by atoms with E-state index in [0.29, 0.717) is 5.56 Å². The molecule has 0 aromatic heterocycles. The number of rotatable bonds is 2. The summed E-state index contributed by atoms with van der Waals surface area (Å²) in [4.78, 5) is 12.0. The molecule has 1 aliphatic rings. The zero-order chi connectivity index (χ0) is 10.7. The number of nitrogens with two attached hydrogens (primary N) is 1. The summed E-state index contributed by atoms with van der Waals surface area (Å²) in [6, 6.07) is 5.86. The first-order chi connectivity index (χ1) is 7.27. The molecule has 2 nitrogen and oxygen atoms in total. The third-order valence-corrected chi connectivity index (χ3v) is 2.94. The lowest BCUT2D eigenvalue weighted by atomic mass is 9.90. The highest BCUT2D eigenvalue weighted by Gasteiger charge is 2.23. The number of hydrogen-bond donors (Lipinski definition) is 1. The molecule has 0 saturated carbocycles. The van der Waals surface area contributed by atoms with Gasteiger partial charge in [-0.15, -0.1) is 0 Å². The molecule has 1 saturated heterocycles. The van der Waals surface area contributed by atoms with Crippen LogP contribution in [0.4, 0.5) is 4.39 Å². The first-order valence-corrected chi connectivity index (χ1v) is 5.39. The largest absolute Gasteiger partial charge is 0.346 e. The highest BCUT2D eigenvalue weighted by Crippen LogP contribution is 2.16. The maximum absolute atomic E-state index is 12.7. The molecule has 15 heavy (non-hydrogen) atoms. The normalized spacial score (nSPS) is 17.7. The van der Waals surface area contributed by atoms with Crippen LogP contribution in [0, 0.1) is 11.7 Å². The van der Waals surface area contributed by atoms with E-state index in [1.807, 2.05) is 0 Å². The van der Waals surface area contributed by atoms with Gasteiger partial charge in [0.2, 0.25) is 0 Å². The molecule has 0 radical (unpaired) electrons. The lowest BCUT2D eigenvalue weighted by molar-refractivity contribution is -0.663. The second-order valence-corrected chi connectivity index (χ2v) is 4.01. The first kappa shape index (κ1) is 10.3. The van der Waals surface area contributed by atoms with Crippen LogP contribution in [0.1, 0.15) is 23.2 Å². The van der Waals surface area contributed by atoms with Gasteiger partial charge in [0.25, 0.3) is 0 Å². The second kappa shape index (κ2) is 4.53. The Morgan fingerprint density at radius 2 is 1.80 bits per heavy atom. The quantitative estimate of drug-likeness (QED) is 0.722. The molecule has 1 fully saturated rings. The van der Waals surface area contributed by atoms with Crippen molar-refractivity contribution in [2.45, 2.75) is 12.8 Å². The molecular weight excluding hydrogens is 193 g/mol. The monoisotopic (exact) mass is 208 g/mol. The highest BCUT2D eigenvalue weighted by atomic mass is 19.1. The Labute approximate surface area is 88.5 Å². The van der Waals surface area contributed by atoms with E-state index in [9.17, 15) is 9.18 Å². The van der Waals surface area contributed by atoms with Crippen LogP contribution in [-0.2, 0) is 0 Å². The van der Waals surface area contributed by atoms with E-state index in [0.717, 1.165) is 25.9 Å². The molecule has 2 rings (SSSR count). The van der Waals surface area contributed by atoms with Gasteiger partial charge in [-0.25, -0.2) is 4.39 Å². The Balaban J connectivity index is 2.09. The molecule has 0 bridgehead atoms. The predicted octanol–water partition coefficient (Wildman–Crippen LogP) is 0.982. The van der Waals surface area contributed by atoms with Gasteiger partial charge in [0, 0.05) is 24.3 Å². The molecule has 1 aliphatic heterocycles. The van der Waals surface area contributed by atoms with Gasteiger partial charge in [0.05, 0.1) is 13.1 Å². The topological polar surface area (TPSA) is 33.7 Å². The van der Waals surface area contributed by atoms with Crippen LogP contribution >= 0.6 is 0 Å². The van der Waals surface area contributed by atoms with Crippen molar-refractivity contribution in [1.82, 2.24) is 0 Å². The van der Waals surface area contributed by atoms with Gasteiger partial charge in [-0.3, -0.25) is 4.79 Å². The van der Waals surface area contributed by atoms with Gasteiger partial charge in [0.15, 0.2) is 5.78 Å². The number of carbonyl (C=O) groups excluding carboxylic acids is 1. The van der Waals surface area contributed by atoms with Crippen molar-refractivity contribution >= 4 is 5.78 Å². The minimum absolute atomic E-state index is 0.139. The van der Waals surface area contributed by atoms with Gasteiger partial charge in [-0.05, 0) is 24.3 Å². The average molecular weight is 208 g/mol. The van der Waals surface area contributed by atoms with Crippen LogP contribution in [0.15, 0.2) is 24.3 Å². The molecular formula is C12H15FNO+. The van der Waals surface area contributed by atoms with Crippen LogP contribution in [0.5, 0.6) is 0 Å². The number of carbonyl (C=O) groups is 1. The maximum atomic E-state index is 12.7. The smallest absolute Gasteiger partial charge is 0.166 e. The van der Waals surface area contributed by atoms with E-state index in [4.69, 9.17) is 0 Å². The Bertz CT molecular complexity index is 341. The van der Waals surface area contributed by atoms with Crippen molar-refractivity contribution in [3.8, 4) is 0 Å². The Morgan fingerprint density at radius 1 is 1.20 bits per heavy atom. The minimum atomic E-state index is -0.288. The number of halogens is 1. The van der Waals surface area contributed by atoms with Crippen molar-refractivity contribution < 1.29 is 14.5 Å². The van der Waals surface area contributed by atoms with Crippen LogP contribution in [-0.4, -0.2) is 18.9 Å². The Kier molecular flexibility index (Phi) is 3.11. The van der Waals surface area contributed by atoms with E-state index in [1.54, 1.807) is 12.1 Å². The van der Waals surface area contributed by atoms with Gasteiger partial charge < -0.3 is 5.32 Å². The molecule has 0 amide bonds. The number of benzene rings is 1. The molecule has 3 heteroatoms. The first-order valence-electron chi connectivity index (χ1n) is 5.39. The van der Waals surface area contributed by atoms with Crippen LogP contribution in [0.3, 0.4) is 0 Å². The third kappa shape index (κ3) is 2.42. The van der Waals surface area contributed by atoms with E-state index in [2.05, 4.69) is 5.32 Å². The molecule has 0 aliphatic carbocycles. The van der Waals surface area contributed by atoms with E-state index < -0.39 is 0 Å². The van der Waals surface area contributed by atoms with Gasteiger partial charge in [-0.2, -0.15) is 0 Å². The van der Waals surface area contributed by atoms with Crippen LogP contribution in [0.25, 0.3) is 0 Å². The summed E-state index contributed by atoms with van der Waals surface area (Å²) in [7, 11) is 0. The van der Waals surface area contributed by atoms with Gasteiger partial charge in [-0.1, -0.05) is 0 Å². The summed E-state index contributed by atoms with van der Waals surface area (Å²) in [5.41, 5.74) is 0.642. The second-order valence-electron chi connectivity index (χ2n) is 4.01. The van der Waals surface area contributed by atoms with Crippen molar-refractivity contribution in [3.05, 3.63) is 35.6 Å². The zero-order valence-corrected chi connectivity index (χ0v) is 8.58. The molecule has 2 N–H and O–H groups in total. The highest BCUT2D eigenvalue weighted by molar-refractivity contribution is 5.97. The van der Waals surface area contributed by atoms with Gasteiger partial charge in [0.1, 0.15) is 5.82 Å². The van der Waals surface area contributed by atoms with Gasteiger partial charge >= 0.3 is 0 Å². The third-order valence-electron chi connectivity index (χ3n) is 2.94. The Hall–Kier alpha value is -1.22. The average Bonchev–Trinajstić information content (AvgIpc) is 2.30. The summed E-state index contributed by atoms with van der Waals surface area (Å²) in [5, 5.41) is 2.23. The summed E-state index contributed by atoms with van der Waals surface area (Å²) in [6.45, 7) is 2.05. The fourth-order valence-corrected chi connectivity index (χ4v) is 2.04. The van der Waals surface area contributed by atoms with Crippen molar-refractivity contribution in [1.29, 1.82) is 0 Å². The lowest BCUT2D eigenvalue weighted by Gasteiger charge is -2.18. The summed E-state index contributed by atoms with van der Waals surface area (Å²) >= 11 is 0. The van der Waals surface area contributed by atoms with Crippen molar-refractivity contribution in [3.63, 3.8) is 0 Å². The number of hydrogen-bond acceptors (Lipinski definition) is 1. The minimum Gasteiger partial charge on any atom is -0.346 e. The SMILES string of the molecule is O=C(c1ccc(F)cc1)C1CC[NH2+]CC1. The molecule has 1 heterocycles. The van der Waals surface area contributed by atoms with Crippen LogP contribution in [0.2, 0.25) is 0 Å². The van der Waals surface area contributed by atoms with Crippen LogP contribution < -0.4 is 5.32 Å². The number of quaternary nitrogens is 1. The van der Waals surface area contributed by atoms with E-state index in [1.165, 1.54) is 12.1 Å². The van der Waals surface area contributed by atoms with Crippen molar-refractivity contribution in [2.75, 3.05) is 13.1 Å². The van der Waals surface area contributed by atoms with E-state index in [-0.39, 0.29) is 17.5 Å². The number of Topliss-reactive ketones (excluding diaryl/α,β-unsaturated/α-hetero) is 1. The fourth-order valence-electron chi connectivity index (χ4n) is 2.04. The van der Waals surface area contributed by atoms with Crippen molar-refractivity contribution in [2.24, 2.45) is 5.92 Å². The van der Waals surface area contributed by atoms with E-state index >= 15 is 0 Å². The predicted molar refractivity (Wildman–Crippen MR) is 55.1 cm³/mol. The maximum Gasteiger partial charge on any atom is 0.166 e. The molecule has 1 aromatic rings. The summed E-state index contributed by atoms with van der Waals surface area (Å²) in [6.07, 6.45) is 1.88. The zero-order valence-electron chi connectivity index (χ0n) is 8.58. The molecule has 0 unspecified atom stereocenters. The lowest BCUT2D eigenvalue weighted by Crippen LogP contribution is -2.86. The summed E-state index contributed by atoms with van der Waals surface area (Å²) < 4.78 is 12.7. The molecule has 0 atom stereocenters. The molecule has 0 spiro atoms. The number of piperidine rings is 1. The molecule has 1 aromatic carbocycles.